The Kier molecular flexibility index (Phi) is 7.23. The van der Waals surface area contributed by atoms with Crippen LogP contribution in [0.5, 0.6) is 5.75 Å². The Balaban J connectivity index is 1.30. The normalized spacial score (nSPS) is 15.2. The minimum absolute atomic E-state index is 0.0981. The van der Waals surface area contributed by atoms with Crippen molar-refractivity contribution >= 4 is 5.91 Å². The van der Waals surface area contributed by atoms with Gasteiger partial charge in [-0.25, -0.2) is 0 Å². The summed E-state index contributed by atoms with van der Waals surface area (Å²) in [4.78, 5) is 23.5. The van der Waals surface area contributed by atoms with E-state index in [9.17, 15) is 4.79 Å². The first-order valence-corrected chi connectivity index (χ1v) is 11.5. The van der Waals surface area contributed by atoms with Crippen LogP contribution in [-0.4, -0.2) is 62.9 Å². The van der Waals surface area contributed by atoms with Crippen molar-refractivity contribution in [3.05, 3.63) is 59.4 Å². The van der Waals surface area contributed by atoms with Crippen LogP contribution in [0, 0.1) is 6.92 Å². The Morgan fingerprint density at radius 3 is 2.68 bits per heavy atom. The van der Waals surface area contributed by atoms with Gasteiger partial charge in [0.05, 0.1) is 25.0 Å². The third kappa shape index (κ3) is 5.60. The zero-order valence-electron chi connectivity index (χ0n) is 20.0. The van der Waals surface area contributed by atoms with E-state index in [0.29, 0.717) is 18.0 Å². The van der Waals surface area contributed by atoms with Crippen molar-refractivity contribution in [2.45, 2.75) is 52.3 Å². The minimum Gasteiger partial charge on any atom is -0.486 e. The molecule has 2 aromatic heterocycles. The van der Waals surface area contributed by atoms with E-state index in [1.165, 1.54) is 0 Å². The number of aliphatic hydroxyl groups is 1. The van der Waals surface area contributed by atoms with E-state index >= 15 is 0 Å². The van der Waals surface area contributed by atoms with E-state index < -0.39 is 0 Å². The second kappa shape index (κ2) is 10.3. The Morgan fingerprint density at radius 2 is 2.06 bits per heavy atom. The molecule has 0 saturated carbocycles. The zero-order chi connectivity index (χ0) is 24.2. The Morgan fingerprint density at radius 1 is 1.26 bits per heavy atom. The largest absolute Gasteiger partial charge is 0.486 e. The van der Waals surface area contributed by atoms with Gasteiger partial charge in [0.2, 0.25) is 5.89 Å². The van der Waals surface area contributed by atoms with Crippen LogP contribution in [0.25, 0.3) is 11.3 Å². The average molecular weight is 466 g/mol. The summed E-state index contributed by atoms with van der Waals surface area (Å²) in [6.07, 6.45) is 1.83. The molecule has 3 aromatic rings. The number of aromatic nitrogens is 3. The summed E-state index contributed by atoms with van der Waals surface area (Å²) in [5.41, 5.74) is 3.26. The molecule has 1 fully saturated rings. The predicted molar refractivity (Wildman–Crippen MR) is 127 cm³/mol. The lowest BCUT2D eigenvalue weighted by Gasteiger charge is -2.37. The van der Waals surface area contributed by atoms with Gasteiger partial charge in [0.1, 0.15) is 11.9 Å². The Labute approximate surface area is 199 Å². The molecule has 0 bridgehead atoms. The molecule has 1 saturated heterocycles. The fourth-order valence-electron chi connectivity index (χ4n) is 3.73. The zero-order valence-corrected chi connectivity index (χ0v) is 20.0. The first kappa shape index (κ1) is 23.8. The maximum atomic E-state index is 12.3. The summed E-state index contributed by atoms with van der Waals surface area (Å²) in [6, 6.07) is 9.04. The van der Waals surface area contributed by atoms with Crippen molar-refractivity contribution in [2.75, 3.05) is 19.7 Å². The molecule has 0 aliphatic carbocycles. The molecule has 9 heteroatoms. The monoisotopic (exact) mass is 465 g/mol. The molecule has 1 aliphatic heterocycles. The topological polar surface area (TPSA) is 114 Å². The van der Waals surface area contributed by atoms with E-state index in [1.807, 2.05) is 45.0 Å². The highest BCUT2D eigenvalue weighted by Gasteiger charge is 2.30. The summed E-state index contributed by atoms with van der Waals surface area (Å²) in [5, 5.41) is 15.9. The van der Waals surface area contributed by atoms with E-state index in [1.54, 1.807) is 19.2 Å². The molecule has 2 N–H and O–H groups in total. The van der Waals surface area contributed by atoms with Gasteiger partial charge < -0.3 is 19.7 Å². The van der Waals surface area contributed by atoms with Crippen molar-refractivity contribution in [3.63, 3.8) is 0 Å². The Bertz CT molecular complexity index is 1120. The standard InChI is InChI=1S/C25H31N5O4/c1-15(2)24-28-23(34-29-24)13-30-11-20(12-30)33-19-6-8-22(26-10-19)21-7-5-18(9-16(21)3)25(32)27-17(4)14-31/h5-10,15,17,20,31H,11-14H2,1-4H3,(H,27,32)/t17-/m1/s1. The van der Waals surface area contributed by atoms with E-state index in [4.69, 9.17) is 14.4 Å². The van der Waals surface area contributed by atoms with Crippen molar-refractivity contribution in [1.82, 2.24) is 25.3 Å². The molecule has 0 unspecified atom stereocenters. The second-order valence-electron chi connectivity index (χ2n) is 9.10. The number of aliphatic hydroxyl groups excluding tert-OH is 1. The number of carbonyl (C=O) groups is 1. The van der Waals surface area contributed by atoms with Crippen LogP contribution in [0.2, 0.25) is 0 Å². The van der Waals surface area contributed by atoms with E-state index in [2.05, 4.69) is 25.3 Å². The van der Waals surface area contributed by atoms with Crippen LogP contribution in [0.4, 0.5) is 0 Å². The summed E-state index contributed by atoms with van der Waals surface area (Å²) < 4.78 is 11.3. The highest BCUT2D eigenvalue weighted by Crippen LogP contribution is 2.26. The Hall–Kier alpha value is -3.30. The number of benzene rings is 1. The first-order valence-electron chi connectivity index (χ1n) is 11.5. The summed E-state index contributed by atoms with van der Waals surface area (Å²) in [7, 11) is 0. The second-order valence-corrected chi connectivity index (χ2v) is 9.10. The van der Waals surface area contributed by atoms with Gasteiger partial charge in [-0.15, -0.1) is 0 Å². The van der Waals surface area contributed by atoms with Gasteiger partial charge >= 0.3 is 0 Å². The predicted octanol–water partition coefficient (Wildman–Crippen LogP) is 2.94. The minimum atomic E-state index is -0.291. The fourth-order valence-corrected chi connectivity index (χ4v) is 3.73. The number of amides is 1. The summed E-state index contributed by atoms with van der Waals surface area (Å²) in [6.45, 7) is 9.89. The van der Waals surface area contributed by atoms with Crippen molar-refractivity contribution in [3.8, 4) is 17.0 Å². The third-order valence-corrected chi connectivity index (χ3v) is 5.74. The lowest BCUT2D eigenvalue weighted by atomic mass is 10.0. The van der Waals surface area contributed by atoms with Gasteiger partial charge in [0, 0.05) is 36.2 Å². The van der Waals surface area contributed by atoms with Gasteiger partial charge in [-0.3, -0.25) is 14.7 Å². The molecular weight excluding hydrogens is 434 g/mol. The molecule has 0 radical (unpaired) electrons. The number of nitrogens with one attached hydrogen (secondary N) is 1. The van der Waals surface area contributed by atoms with Crippen LogP contribution in [0.15, 0.2) is 41.1 Å². The smallest absolute Gasteiger partial charge is 0.251 e. The average Bonchev–Trinajstić information content (AvgIpc) is 3.27. The molecular formula is C25H31N5O4. The molecule has 0 spiro atoms. The lowest BCUT2D eigenvalue weighted by Crippen LogP contribution is -2.53. The highest BCUT2D eigenvalue weighted by atomic mass is 16.5. The van der Waals surface area contributed by atoms with Gasteiger partial charge in [-0.05, 0) is 43.7 Å². The number of likely N-dealkylation sites (tertiary alicyclic amines) is 1. The van der Waals surface area contributed by atoms with Crippen molar-refractivity contribution < 1.29 is 19.2 Å². The van der Waals surface area contributed by atoms with Gasteiger partial charge in [0.15, 0.2) is 5.82 Å². The number of hydrogen-bond donors (Lipinski definition) is 2. The SMILES string of the molecule is Cc1cc(C(=O)N[C@H](C)CO)ccc1-c1ccc(OC2CN(Cc3nc(C(C)C)no3)C2)cn1. The van der Waals surface area contributed by atoms with E-state index in [0.717, 1.165) is 41.5 Å². The quantitative estimate of drug-likeness (QED) is 0.496. The number of ether oxygens (including phenoxy) is 1. The van der Waals surface area contributed by atoms with Crippen molar-refractivity contribution in [2.24, 2.45) is 0 Å². The van der Waals surface area contributed by atoms with Gasteiger partial charge in [-0.1, -0.05) is 25.1 Å². The maximum Gasteiger partial charge on any atom is 0.251 e. The molecule has 1 aromatic carbocycles. The van der Waals surface area contributed by atoms with Crippen LogP contribution in [0.1, 0.15) is 54.3 Å². The highest BCUT2D eigenvalue weighted by molar-refractivity contribution is 5.95. The molecule has 4 rings (SSSR count). The molecule has 9 nitrogen and oxygen atoms in total. The number of carbonyl (C=O) groups excluding carboxylic acids is 1. The molecule has 1 aliphatic rings. The summed E-state index contributed by atoms with van der Waals surface area (Å²) in [5.74, 6) is 2.14. The van der Waals surface area contributed by atoms with E-state index in [-0.39, 0.29) is 30.6 Å². The van der Waals surface area contributed by atoms with Gasteiger partial charge in [0.25, 0.3) is 5.91 Å². The molecule has 1 atom stereocenters. The maximum absolute atomic E-state index is 12.3. The number of rotatable bonds is 9. The van der Waals surface area contributed by atoms with Crippen LogP contribution >= 0.6 is 0 Å². The molecule has 3 heterocycles. The summed E-state index contributed by atoms with van der Waals surface area (Å²) >= 11 is 0. The molecule has 1 amide bonds. The molecule has 34 heavy (non-hydrogen) atoms. The fraction of sp³-hybridized carbons (Fsp3) is 0.440. The van der Waals surface area contributed by atoms with Crippen molar-refractivity contribution in [1.29, 1.82) is 0 Å². The van der Waals surface area contributed by atoms with Crippen LogP contribution in [0.3, 0.4) is 0 Å². The van der Waals surface area contributed by atoms with Gasteiger partial charge in [-0.2, -0.15) is 4.98 Å². The van der Waals surface area contributed by atoms with Crippen LogP contribution in [-0.2, 0) is 6.54 Å². The number of pyridine rings is 1. The molecule has 180 valence electrons. The number of aryl methyl sites for hydroxylation is 1. The number of nitrogens with zero attached hydrogens (tertiary/aromatic N) is 4. The first-order chi connectivity index (χ1) is 16.3. The third-order valence-electron chi connectivity index (χ3n) is 5.74. The van der Waals surface area contributed by atoms with Crippen LogP contribution < -0.4 is 10.1 Å². The lowest BCUT2D eigenvalue weighted by molar-refractivity contribution is 0.00844. The number of hydrogen-bond acceptors (Lipinski definition) is 8.